The quantitative estimate of drug-likeness (QED) is 0.547. The number of nitrogens with zero attached hydrogens (tertiary/aromatic N) is 3. The Morgan fingerprint density at radius 3 is 2.61 bits per heavy atom. The number of imidazole rings is 1. The SMILES string of the molecule is NC(=O)C1CCCN(C(=O)CSc2nc3cc(C(F)(F)F)ccc3n2Cc2ccccc2)C1. The van der Waals surface area contributed by atoms with Crippen molar-refractivity contribution < 1.29 is 22.8 Å². The second-order valence-electron chi connectivity index (χ2n) is 8.04. The molecule has 1 aliphatic heterocycles. The first-order chi connectivity index (χ1) is 15.7. The summed E-state index contributed by atoms with van der Waals surface area (Å²) in [5, 5.41) is 0.463. The van der Waals surface area contributed by atoms with Gasteiger partial charge in [-0.2, -0.15) is 13.2 Å². The van der Waals surface area contributed by atoms with Crippen LogP contribution in [-0.4, -0.2) is 45.1 Å². The molecule has 174 valence electrons. The number of primary amides is 1. The highest BCUT2D eigenvalue weighted by molar-refractivity contribution is 7.99. The zero-order chi connectivity index (χ0) is 23.6. The zero-order valence-electron chi connectivity index (χ0n) is 17.7. The molecule has 2 N–H and O–H groups in total. The first kappa shape index (κ1) is 23.2. The van der Waals surface area contributed by atoms with Crippen LogP contribution in [0.1, 0.15) is 24.0 Å². The van der Waals surface area contributed by atoms with Crippen molar-refractivity contribution in [3.05, 3.63) is 59.7 Å². The zero-order valence-corrected chi connectivity index (χ0v) is 18.5. The summed E-state index contributed by atoms with van der Waals surface area (Å²) in [4.78, 5) is 30.3. The highest BCUT2D eigenvalue weighted by atomic mass is 32.2. The molecule has 2 heterocycles. The third kappa shape index (κ3) is 5.32. The molecule has 0 spiro atoms. The Hall–Kier alpha value is -3.01. The predicted octanol–water partition coefficient (Wildman–Crippen LogP) is 3.92. The molecule has 6 nitrogen and oxygen atoms in total. The number of fused-ring (bicyclic) bond motifs is 1. The molecular weight excluding hydrogens is 453 g/mol. The van der Waals surface area contributed by atoms with E-state index >= 15 is 0 Å². The Balaban J connectivity index is 1.59. The van der Waals surface area contributed by atoms with Crippen LogP contribution in [0.25, 0.3) is 11.0 Å². The summed E-state index contributed by atoms with van der Waals surface area (Å²) in [7, 11) is 0. The fourth-order valence-electron chi connectivity index (χ4n) is 3.97. The number of hydrogen-bond acceptors (Lipinski definition) is 4. The maximum atomic E-state index is 13.2. The van der Waals surface area contributed by atoms with Crippen molar-refractivity contribution in [3.8, 4) is 0 Å². The molecule has 3 aromatic rings. The molecular formula is C23H23F3N4O2S. The Morgan fingerprint density at radius 1 is 1.15 bits per heavy atom. The normalized spacial score (nSPS) is 16.8. The van der Waals surface area contributed by atoms with Crippen LogP contribution in [0.15, 0.2) is 53.7 Å². The van der Waals surface area contributed by atoms with Gasteiger partial charge in [0, 0.05) is 13.1 Å². The number of thioether (sulfide) groups is 1. The second kappa shape index (κ2) is 9.46. The molecule has 0 radical (unpaired) electrons. The number of rotatable bonds is 6. The topological polar surface area (TPSA) is 81.2 Å². The van der Waals surface area contributed by atoms with E-state index in [1.54, 1.807) is 4.90 Å². The molecule has 0 bridgehead atoms. The number of halogens is 3. The third-order valence-corrected chi connectivity index (χ3v) is 6.69. The van der Waals surface area contributed by atoms with E-state index in [0.29, 0.717) is 43.1 Å². The number of piperidine rings is 1. The minimum atomic E-state index is -4.47. The number of hydrogen-bond donors (Lipinski definition) is 1. The van der Waals surface area contributed by atoms with Crippen molar-refractivity contribution in [2.45, 2.75) is 30.7 Å². The monoisotopic (exact) mass is 476 g/mol. The van der Waals surface area contributed by atoms with Crippen LogP contribution in [0.2, 0.25) is 0 Å². The van der Waals surface area contributed by atoms with Crippen LogP contribution < -0.4 is 5.73 Å². The molecule has 0 saturated carbocycles. The predicted molar refractivity (Wildman–Crippen MR) is 120 cm³/mol. The third-order valence-electron chi connectivity index (χ3n) is 5.73. The largest absolute Gasteiger partial charge is 0.416 e. The van der Waals surface area contributed by atoms with Crippen LogP contribution in [0.3, 0.4) is 0 Å². The maximum Gasteiger partial charge on any atom is 0.416 e. The standard InChI is InChI=1S/C23H23F3N4O2S/c24-23(25,26)17-8-9-19-18(11-17)28-22(30(19)12-15-5-2-1-3-6-15)33-14-20(31)29-10-4-7-16(13-29)21(27)32/h1-3,5-6,8-9,11,16H,4,7,10,12-14H2,(H2,27,32). The molecule has 4 rings (SSSR count). The van der Waals surface area contributed by atoms with E-state index in [2.05, 4.69) is 4.98 Å². The van der Waals surface area contributed by atoms with Crippen molar-refractivity contribution in [1.82, 2.24) is 14.5 Å². The van der Waals surface area contributed by atoms with E-state index in [9.17, 15) is 22.8 Å². The van der Waals surface area contributed by atoms with Crippen LogP contribution in [-0.2, 0) is 22.3 Å². The summed E-state index contributed by atoms with van der Waals surface area (Å²) in [5.41, 5.74) is 6.38. The van der Waals surface area contributed by atoms with Crippen molar-refractivity contribution in [1.29, 1.82) is 0 Å². The van der Waals surface area contributed by atoms with Gasteiger partial charge in [-0.05, 0) is 36.6 Å². The minimum Gasteiger partial charge on any atom is -0.369 e. The van der Waals surface area contributed by atoms with Crippen LogP contribution in [0.4, 0.5) is 13.2 Å². The second-order valence-corrected chi connectivity index (χ2v) is 8.98. The number of aromatic nitrogens is 2. The van der Waals surface area contributed by atoms with Gasteiger partial charge in [0.15, 0.2) is 5.16 Å². The first-order valence-corrected chi connectivity index (χ1v) is 11.5. The molecule has 2 amide bonds. The number of alkyl halides is 3. The average molecular weight is 477 g/mol. The lowest BCUT2D eigenvalue weighted by Gasteiger charge is -2.31. The first-order valence-electron chi connectivity index (χ1n) is 10.5. The highest BCUT2D eigenvalue weighted by Gasteiger charge is 2.31. The number of likely N-dealkylation sites (tertiary alicyclic amines) is 1. The van der Waals surface area contributed by atoms with E-state index in [-0.39, 0.29) is 23.1 Å². The van der Waals surface area contributed by atoms with Gasteiger partial charge in [0.05, 0.1) is 34.8 Å². The fourth-order valence-corrected chi connectivity index (χ4v) is 4.88. The Labute approximate surface area is 192 Å². The molecule has 1 unspecified atom stereocenters. The van der Waals surface area contributed by atoms with E-state index in [1.165, 1.54) is 17.8 Å². The van der Waals surface area contributed by atoms with Gasteiger partial charge in [0.25, 0.3) is 0 Å². The Morgan fingerprint density at radius 2 is 1.91 bits per heavy atom. The van der Waals surface area contributed by atoms with Gasteiger partial charge in [0.2, 0.25) is 11.8 Å². The van der Waals surface area contributed by atoms with Crippen molar-refractivity contribution in [2.24, 2.45) is 11.7 Å². The van der Waals surface area contributed by atoms with Gasteiger partial charge in [-0.25, -0.2) is 4.98 Å². The van der Waals surface area contributed by atoms with Gasteiger partial charge in [-0.3, -0.25) is 9.59 Å². The molecule has 0 aliphatic carbocycles. The van der Waals surface area contributed by atoms with Crippen molar-refractivity contribution in [2.75, 3.05) is 18.8 Å². The van der Waals surface area contributed by atoms with Crippen LogP contribution in [0.5, 0.6) is 0 Å². The van der Waals surface area contributed by atoms with E-state index < -0.39 is 17.6 Å². The smallest absolute Gasteiger partial charge is 0.369 e. The van der Waals surface area contributed by atoms with E-state index in [4.69, 9.17) is 5.73 Å². The Kier molecular flexibility index (Phi) is 6.64. The number of carbonyl (C=O) groups is 2. The molecule has 1 aliphatic rings. The summed E-state index contributed by atoms with van der Waals surface area (Å²) in [5.74, 6) is -0.850. The lowest BCUT2D eigenvalue weighted by atomic mass is 9.97. The van der Waals surface area contributed by atoms with E-state index in [0.717, 1.165) is 17.7 Å². The highest BCUT2D eigenvalue weighted by Crippen LogP contribution is 2.33. The van der Waals surface area contributed by atoms with Gasteiger partial charge in [0.1, 0.15) is 0 Å². The molecule has 1 saturated heterocycles. The maximum absolute atomic E-state index is 13.2. The van der Waals surface area contributed by atoms with Gasteiger partial charge < -0.3 is 15.2 Å². The molecule has 1 fully saturated rings. The fraction of sp³-hybridized carbons (Fsp3) is 0.348. The summed E-state index contributed by atoms with van der Waals surface area (Å²) in [6.45, 7) is 1.26. The summed E-state index contributed by atoms with van der Waals surface area (Å²) >= 11 is 1.18. The lowest BCUT2D eigenvalue weighted by molar-refractivity contribution is -0.137. The Bertz CT molecular complexity index is 1160. The molecule has 1 atom stereocenters. The van der Waals surface area contributed by atoms with Crippen LogP contribution in [0, 0.1) is 5.92 Å². The van der Waals surface area contributed by atoms with Gasteiger partial charge in [-0.15, -0.1) is 0 Å². The summed E-state index contributed by atoms with van der Waals surface area (Å²) in [6.07, 6.45) is -3.09. The van der Waals surface area contributed by atoms with Gasteiger partial charge >= 0.3 is 6.18 Å². The summed E-state index contributed by atoms with van der Waals surface area (Å²) in [6, 6.07) is 13.0. The molecule has 1 aromatic heterocycles. The molecule has 33 heavy (non-hydrogen) atoms. The average Bonchev–Trinajstić information content (AvgIpc) is 3.14. The van der Waals surface area contributed by atoms with E-state index in [1.807, 2.05) is 34.9 Å². The number of carbonyl (C=O) groups excluding carboxylic acids is 2. The minimum absolute atomic E-state index is 0.0652. The molecule has 10 heteroatoms. The van der Waals surface area contributed by atoms with Crippen molar-refractivity contribution in [3.63, 3.8) is 0 Å². The van der Waals surface area contributed by atoms with Crippen molar-refractivity contribution >= 4 is 34.6 Å². The lowest BCUT2D eigenvalue weighted by Crippen LogP contribution is -2.44. The number of benzene rings is 2. The molecule has 2 aromatic carbocycles. The summed E-state index contributed by atoms with van der Waals surface area (Å²) < 4.78 is 41.4. The van der Waals surface area contributed by atoms with Gasteiger partial charge in [-0.1, -0.05) is 42.1 Å². The van der Waals surface area contributed by atoms with Crippen LogP contribution >= 0.6 is 11.8 Å². The number of amides is 2. The number of nitrogens with two attached hydrogens (primary N) is 1.